The second-order valence-electron chi connectivity index (χ2n) is 12.1. The van der Waals surface area contributed by atoms with E-state index in [2.05, 4.69) is 36.8 Å². The number of ether oxygens (including phenoxy) is 3. The van der Waals surface area contributed by atoms with Crippen LogP contribution in [0.25, 0.3) is 11.0 Å². The number of Topliss-reactive ketones (excluding diaryl/α,β-unsaturated/α-hetero) is 1. The number of halogens is 3. The normalized spacial score (nSPS) is 18.3. The molecule has 4 aromatic rings. The molecule has 1 N–H and O–H groups in total. The van der Waals surface area contributed by atoms with Crippen LogP contribution in [0.4, 0.5) is 0 Å². The highest BCUT2D eigenvalue weighted by atomic mass is 127. The minimum Gasteiger partial charge on any atom is -0.503 e. The van der Waals surface area contributed by atoms with Gasteiger partial charge in [0.1, 0.15) is 5.69 Å². The Bertz CT molecular complexity index is 2520. The Balaban J connectivity index is 1.32. The van der Waals surface area contributed by atoms with Gasteiger partial charge in [-0.25, -0.2) is 28.5 Å². The number of phenols is 1. The number of phenolic OH excluding ortho intramolecular Hbond substituents is 1. The molecule has 2 atom stereocenters. The van der Waals surface area contributed by atoms with Gasteiger partial charge in [-0.1, -0.05) is 6.08 Å². The van der Waals surface area contributed by atoms with Gasteiger partial charge < -0.3 is 23.9 Å². The lowest BCUT2D eigenvalue weighted by atomic mass is 9.69. The van der Waals surface area contributed by atoms with Gasteiger partial charge in [-0.3, -0.25) is 14.4 Å². The first-order valence-electron chi connectivity index (χ1n) is 15.5. The fourth-order valence-corrected chi connectivity index (χ4v) is 8.66. The highest BCUT2D eigenvalue weighted by molar-refractivity contribution is 14.1. The zero-order valence-electron chi connectivity index (χ0n) is 27.5. The van der Waals surface area contributed by atoms with E-state index in [1.807, 2.05) is 22.6 Å². The number of hydrogen-bond acceptors (Lipinski definition) is 10. The molecule has 0 amide bonds. The average molecular weight is 937 g/mol. The number of ketones is 2. The van der Waals surface area contributed by atoms with Gasteiger partial charge in [-0.05, 0) is 71.7 Å². The molecule has 0 fully saturated rings. The van der Waals surface area contributed by atoms with E-state index in [1.54, 1.807) is 31.3 Å². The fraction of sp³-hybridized carbons (Fsp3) is 0.294. The Morgan fingerprint density at radius 1 is 0.961 bits per heavy atom. The lowest BCUT2D eigenvalue weighted by Gasteiger charge is -2.40. The maximum atomic E-state index is 14.2. The molecule has 2 aromatic carbocycles. The number of fused-ring (bicyclic) bond motifs is 4. The van der Waals surface area contributed by atoms with E-state index in [1.165, 1.54) is 41.3 Å². The number of benzene rings is 2. The Hall–Kier alpha value is -4.23. The summed E-state index contributed by atoms with van der Waals surface area (Å²) in [7, 11) is 5.98. The molecule has 51 heavy (non-hydrogen) atoms. The molecule has 3 aliphatic rings. The van der Waals surface area contributed by atoms with Gasteiger partial charge in [0, 0.05) is 66.2 Å². The number of hydrogen-bond donors (Lipinski definition) is 1. The van der Waals surface area contributed by atoms with Gasteiger partial charge in [-0.15, -0.1) is 0 Å². The molecule has 0 saturated heterocycles. The molecule has 0 spiro atoms. The lowest BCUT2D eigenvalue weighted by molar-refractivity contribution is -0.115. The van der Waals surface area contributed by atoms with Crippen molar-refractivity contribution in [1.82, 2.24) is 23.5 Å². The van der Waals surface area contributed by atoms with Crippen LogP contribution in [0.5, 0.6) is 23.0 Å². The predicted molar refractivity (Wildman–Crippen MR) is 200 cm³/mol. The van der Waals surface area contributed by atoms with Gasteiger partial charge >= 0.3 is 11.4 Å². The summed E-state index contributed by atoms with van der Waals surface area (Å²) in [6, 6.07) is 4.09. The van der Waals surface area contributed by atoms with Gasteiger partial charge in [0.25, 0.3) is 5.56 Å². The summed E-state index contributed by atoms with van der Waals surface area (Å²) in [6.45, 7) is -0.135. The summed E-state index contributed by atoms with van der Waals surface area (Å²) in [5.41, 5.74) is 1.17. The number of carbonyl (C=O) groups is 2. The van der Waals surface area contributed by atoms with Crippen LogP contribution in [0.1, 0.15) is 29.6 Å². The summed E-state index contributed by atoms with van der Waals surface area (Å²) < 4.78 is 22.3. The van der Waals surface area contributed by atoms with E-state index < -0.39 is 28.9 Å². The Labute approximate surface area is 319 Å². The van der Waals surface area contributed by atoms with Crippen molar-refractivity contribution in [2.75, 3.05) is 21.3 Å². The number of aromatic nitrogens is 5. The van der Waals surface area contributed by atoms with Crippen molar-refractivity contribution in [1.29, 1.82) is 0 Å². The maximum Gasteiger partial charge on any atom is 0.347 e. The summed E-state index contributed by atoms with van der Waals surface area (Å²) in [4.78, 5) is 73.2. The standard InChI is InChI=1S/C34H28Br2IN5O9/c1-39-21-13-24(50-3)23(49-2)12-19(21)38-18(32(39)46)6-7-40-33(47)41-8-5-14-20(42(41)34(40)48)9-15-22(43)11-17(37)30(44)27(15)26(14)16-10-25(51-4)31(45)29(36)28(16)35/h5,10-13,20,26,45H,6-9H2,1-4H3/t20-,26-/m1/s1. The molecular weight excluding hydrogens is 909 g/mol. The van der Waals surface area contributed by atoms with Crippen LogP contribution in [0.15, 0.2) is 74.0 Å². The van der Waals surface area contributed by atoms with E-state index in [0.29, 0.717) is 38.1 Å². The summed E-state index contributed by atoms with van der Waals surface area (Å²) in [6.07, 6.45) is 3.05. The maximum absolute atomic E-state index is 14.2. The molecule has 0 saturated carbocycles. The quantitative estimate of drug-likeness (QED) is 0.163. The van der Waals surface area contributed by atoms with Gasteiger partial charge in [-0.2, -0.15) is 0 Å². The second kappa shape index (κ2) is 13.1. The molecule has 2 aliphatic carbocycles. The van der Waals surface area contributed by atoms with Crippen LogP contribution in [0, 0.1) is 0 Å². The minimum atomic E-state index is -0.826. The van der Waals surface area contributed by atoms with Crippen molar-refractivity contribution in [2.24, 2.45) is 7.05 Å². The van der Waals surface area contributed by atoms with Crippen molar-refractivity contribution in [3.63, 3.8) is 0 Å². The number of allylic oxidation sites excluding steroid dienone is 6. The van der Waals surface area contributed by atoms with Crippen LogP contribution in [0.3, 0.4) is 0 Å². The van der Waals surface area contributed by atoms with Crippen molar-refractivity contribution in [3.05, 3.63) is 102 Å². The van der Waals surface area contributed by atoms with E-state index in [4.69, 9.17) is 14.2 Å². The first-order valence-corrected chi connectivity index (χ1v) is 18.2. The molecule has 0 bridgehead atoms. The van der Waals surface area contributed by atoms with Gasteiger partial charge in [0.15, 0.2) is 34.6 Å². The summed E-state index contributed by atoms with van der Waals surface area (Å²) in [5.74, 6) is -0.678. The first-order chi connectivity index (χ1) is 24.3. The smallest absolute Gasteiger partial charge is 0.347 e. The van der Waals surface area contributed by atoms with Gasteiger partial charge in [0.05, 0.1) is 53.0 Å². The van der Waals surface area contributed by atoms with Crippen LogP contribution < -0.4 is 31.1 Å². The van der Waals surface area contributed by atoms with Gasteiger partial charge in [0.2, 0.25) is 0 Å². The molecule has 1 aliphatic heterocycles. The Kier molecular flexibility index (Phi) is 9.02. The molecule has 17 heteroatoms. The van der Waals surface area contributed by atoms with E-state index in [0.717, 1.165) is 4.57 Å². The van der Waals surface area contributed by atoms with Crippen LogP contribution in [-0.4, -0.2) is 61.5 Å². The van der Waals surface area contributed by atoms with Crippen LogP contribution in [0.2, 0.25) is 0 Å². The molecule has 2 aromatic heterocycles. The molecule has 7 rings (SSSR count). The molecular formula is C34H28Br2IN5O9. The molecule has 14 nitrogen and oxygen atoms in total. The molecule has 0 radical (unpaired) electrons. The number of rotatable bonds is 7. The summed E-state index contributed by atoms with van der Waals surface area (Å²) >= 11 is 8.81. The van der Waals surface area contributed by atoms with E-state index >= 15 is 0 Å². The molecule has 3 heterocycles. The first kappa shape index (κ1) is 35.2. The minimum absolute atomic E-state index is 0.00189. The van der Waals surface area contributed by atoms with E-state index in [-0.39, 0.29) is 73.9 Å². The van der Waals surface area contributed by atoms with Crippen molar-refractivity contribution >= 4 is 77.1 Å². The third kappa shape index (κ3) is 5.37. The zero-order chi connectivity index (χ0) is 36.6. The third-order valence-electron chi connectivity index (χ3n) is 9.61. The third-order valence-corrected chi connectivity index (χ3v) is 12.6. The molecule has 0 unspecified atom stereocenters. The lowest BCUT2D eigenvalue weighted by Crippen LogP contribution is -2.40. The SMILES string of the molecule is COc1cc2nc(CCn3c(=O)n4n(c3=O)[C@@H]3CC5=C(C(=O)C(I)=CC5=O)[C@@H](c5cc(OC)c(O)c(Br)c5Br)C3=CC4)c(=O)n(C)c2cc1OC. The average Bonchev–Trinajstić information content (AvgIpc) is 3.37. The zero-order valence-corrected chi connectivity index (χ0v) is 32.8. The number of carbonyl (C=O) groups excluding carboxylic acids is 2. The monoisotopic (exact) mass is 935 g/mol. The Morgan fingerprint density at radius 2 is 1.65 bits per heavy atom. The highest BCUT2D eigenvalue weighted by Gasteiger charge is 2.46. The highest BCUT2D eigenvalue weighted by Crippen LogP contribution is 2.54. The largest absolute Gasteiger partial charge is 0.503 e. The topological polar surface area (TPSA) is 166 Å². The van der Waals surface area contributed by atoms with Crippen LogP contribution in [-0.2, 0) is 36.1 Å². The van der Waals surface area contributed by atoms with Crippen molar-refractivity contribution < 1.29 is 28.9 Å². The number of methoxy groups -OCH3 is 3. The van der Waals surface area contributed by atoms with Crippen molar-refractivity contribution in [3.8, 4) is 23.0 Å². The molecule has 264 valence electrons. The van der Waals surface area contributed by atoms with E-state index in [9.17, 15) is 29.1 Å². The summed E-state index contributed by atoms with van der Waals surface area (Å²) in [5, 5.41) is 10.7. The number of aromatic hydroxyl groups is 1. The Morgan fingerprint density at radius 3 is 2.33 bits per heavy atom. The van der Waals surface area contributed by atoms with Crippen molar-refractivity contribution in [2.45, 2.75) is 37.9 Å². The number of aryl methyl sites for hydroxylation is 2. The predicted octanol–water partition coefficient (Wildman–Crippen LogP) is 3.99. The van der Waals surface area contributed by atoms with Crippen LogP contribution >= 0.6 is 54.5 Å². The number of nitrogens with zero attached hydrogens (tertiary/aromatic N) is 5. The second-order valence-corrected chi connectivity index (χ2v) is 14.8. The fourth-order valence-electron chi connectivity index (χ4n) is 7.13.